The number of carbonyl (C=O) groups excluding carboxylic acids is 1. The molecule has 0 aliphatic carbocycles. The van der Waals surface area contributed by atoms with Gasteiger partial charge in [-0.3, -0.25) is 0 Å². The highest BCUT2D eigenvalue weighted by Gasteiger charge is 2.20. The number of carbonyl (C=O) groups is 1. The predicted molar refractivity (Wildman–Crippen MR) is 85.5 cm³/mol. The van der Waals surface area contributed by atoms with Crippen LogP contribution in [0.1, 0.15) is 38.1 Å². The maximum atomic E-state index is 13.7. The molecule has 0 unspecified atom stereocenters. The van der Waals surface area contributed by atoms with Gasteiger partial charge in [0, 0.05) is 32.2 Å². The molecule has 126 valence electrons. The van der Waals surface area contributed by atoms with Crippen LogP contribution in [0.3, 0.4) is 0 Å². The number of nitrogens with one attached hydrogen (secondary N) is 1. The van der Waals surface area contributed by atoms with Crippen molar-refractivity contribution >= 4 is 11.7 Å². The zero-order valence-electron chi connectivity index (χ0n) is 14.0. The van der Waals surface area contributed by atoms with E-state index in [1.54, 1.807) is 4.90 Å². The summed E-state index contributed by atoms with van der Waals surface area (Å²) in [7, 11) is 1.16. The summed E-state index contributed by atoms with van der Waals surface area (Å²) in [5, 5.41) is 3.13. The van der Waals surface area contributed by atoms with Gasteiger partial charge in [0.1, 0.15) is 11.6 Å². The molecule has 0 atom stereocenters. The third-order valence-corrected chi connectivity index (χ3v) is 2.90. The molecule has 0 bridgehead atoms. The van der Waals surface area contributed by atoms with Gasteiger partial charge in [0.15, 0.2) is 0 Å². The number of piperazine rings is 1. The van der Waals surface area contributed by atoms with Gasteiger partial charge in [-0.15, -0.1) is 0 Å². The van der Waals surface area contributed by atoms with Crippen molar-refractivity contribution in [1.82, 2.24) is 5.32 Å². The first kappa shape index (κ1) is 20.3. The third-order valence-electron chi connectivity index (χ3n) is 2.90. The smallest absolute Gasteiger partial charge is 0.340 e. The maximum Gasteiger partial charge on any atom is 0.340 e. The second-order valence-corrected chi connectivity index (χ2v) is 4.01. The van der Waals surface area contributed by atoms with E-state index in [4.69, 9.17) is 0 Å². The zero-order chi connectivity index (χ0) is 17.1. The van der Waals surface area contributed by atoms with Gasteiger partial charge >= 0.3 is 5.97 Å². The van der Waals surface area contributed by atoms with Crippen molar-refractivity contribution in [3.8, 4) is 0 Å². The highest BCUT2D eigenvalue weighted by Crippen LogP contribution is 2.24. The van der Waals surface area contributed by atoms with E-state index in [1.165, 1.54) is 6.07 Å². The van der Waals surface area contributed by atoms with Crippen molar-refractivity contribution in [2.24, 2.45) is 0 Å². The Kier molecular flexibility index (Phi) is 10.1. The van der Waals surface area contributed by atoms with Crippen LogP contribution < -0.4 is 10.2 Å². The van der Waals surface area contributed by atoms with Gasteiger partial charge in [-0.1, -0.05) is 27.7 Å². The molecule has 1 aromatic rings. The van der Waals surface area contributed by atoms with Gasteiger partial charge in [-0.2, -0.15) is 0 Å². The molecule has 1 aliphatic rings. The van der Waals surface area contributed by atoms with Crippen LogP contribution >= 0.6 is 0 Å². The molecule has 1 aliphatic heterocycles. The molecule has 6 heteroatoms. The zero-order valence-corrected chi connectivity index (χ0v) is 14.0. The fourth-order valence-electron chi connectivity index (χ4n) is 1.95. The minimum Gasteiger partial charge on any atom is -0.465 e. The van der Waals surface area contributed by atoms with E-state index >= 15 is 0 Å². The molecule has 2 rings (SSSR count). The Morgan fingerprint density at radius 2 is 1.64 bits per heavy atom. The fraction of sp³-hybridized carbons (Fsp3) is 0.562. The highest BCUT2D eigenvalue weighted by molar-refractivity contribution is 5.90. The quantitative estimate of drug-likeness (QED) is 0.851. The largest absolute Gasteiger partial charge is 0.465 e. The van der Waals surface area contributed by atoms with Crippen molar-refractivity contribution < 1.29 is 18.3 Å². The van der Waals surface area contributed by atoms with E-state index in [9.17, 15) is 13.6 Å². The molecule has 1 saturated heterocycles. The number of anilines is 1. The molecule has 0 aromatic heterocycles. The monoisotopic (exact) mass is 316 g/mol. The summed E-state index contributed by atoms with van der Waals surface area (Å²) in [4.78, 5) is 13.1. The normalized spacial score (nSPS) is 13.3. The van der Waals surface area contributed by atoms with E-state index in [2.05, 4.69) is 10.1 Å². The lowest BCUT2D eigenvalue weighted by Gasteiger charge is -2.30. The second-order valence-electron chi connectivity index (χ2n) is 4.01. The summed E-state index contributed by atoms with van der Waals surface area (Å²) in [6.07, 6.45) is 0. The Labute approximate surface area is 131 Å². The first-order valence-corrected chi connectivity index (χ1v) is 7.66. The lowest BCUT2D eigenvalue weighted by molar-refractivity contribution is 0.0595. The molecular formula is C16H26F2N2O2. The first-order chi connectivity index (χ1) is 10.6. The number of hydrogen-bond donors (Lipinski definition) is 1. The lowest BCUT2D eigenvalue weighted by atomic mass is 10.1. The third kappa shape index (κ3) is 5.26. The topological polar surface area (TPSA) is 41.6 Å². The number of benzene rings is 1. The minimum absolute atomic E-state index is 0.235. The van der Waals surface area contributed by atoms with Crippen molar-refractivity contribution in [1.29, 1.82) is 0 Å². The number of esters is 1. The fourth-order valence-corrected chi connectivity index (χ4v) is 1.95. The van der Waals surface area contributed by atoms with E-state index in [-0.39, 0.29) is 11.3 Å². The van der Waals surface area contributed by atoms with Crippen molar-refractivity contribution in [2.45, 2.75) is 27.7 Å². The Morgan fingerprint density at radius 3 is 2.14 bits per heavy atom. The van der Waals surface area contributed by atoms with Crippen LogP contribution in [0, 0.1) is 11.6 Å². The van der Waals surface area contributed by atoms with Gasteiger partial charge in [0.05, 0.1) is 18.4 Å². The molecule has 0 saturated carbocycles. The summed E-state index contributed by atoms with van der Waals surface area (Å²) >= 11 is 0. The Hall–Kier alpha value is -1.69. The molecule has 0 radical (unpaired) electrons. The highest BCUT2D eigenvalue weighted by atomic mass is 19.1. The molecule has 1 aromatic carbocycles. The molecular weight excluding hydrogens is 290 g/mol. The average molecular weight is 316 g/mol. The number of halogens is 2. The van der Waals surface area contributed by atoms with E-state index < -0.39 is 17.6 Å². The molecule has 1 heterocycles. The Balaban J connectivity index is 0.00000102. The SMILES string of the molecule is CC.CC.COC(=O)c1cc(N2CCNCC2)c(F)cc1F. The maximum absolute atomic E-state index is 13.7. The van der Waals surface area contributed by atoms with E-state index in [0.717, 1.165) is 26.3 Å². The van der Waals surface area contributed by atoms with Crippen LogP contribution in [0.25, 0.3) is 0 Å². The van der Waals surface area contributed by atoms with Crippen LogP contribution in [0.15, 0.2) is 12.1 Å². The van der Waals surface area contributed by atoms with Crippen molar-refractivity contribution in [2.75, 3.05) is 38.2 Å². The Morgan fingerprint density at radius 1 is 1.09 bits per heavy atom. The average Bonchev–Trinajstić information content (AvgIpc) is 2.59. The summed E-state index contributed by atoms with van der Waals surface area (Å²) in [5.74, 6) is -2.37. The lowest BCUT2D eigenvalue weighted by Crippen LogP contribution is -2.44. The van der Waals surface area contributed by atoms with Gasteiger partial charge in [-0.25, -0.2) is 13.6 Å². The summed E-state index contributed by atoms with van der Waals surface area (Å²) in [6, 6.07) is 1.94. The standard InChI is InChI=1S/C12H14F2N2O2.2C2H6/c1-18-12(17)8-6-11(10(14)7-9(8)13)16-4-2-15-3-5-16;2*1-2/h6-7,15H,2-5H2,1H3;2*1-2H3. The predicted octanol–water partition coefficient (Wildman–Crippen LogP) is 3.21. The van der Waals surface area contributed by atoms with Crippen LogP contribution in [-0.2, 0) is 4.74 Å². The molecule has 4 nitrogen and oxygen atoms in total. The molecule has 22 heavy (non-hydrogen) atoms. The van der Waals surface area contributed by atoms with Crippen LogP contribution in [-0.4, -0.2) is 39.3 Å². The number of methoxy groups -OCH3 is 1. The number of rotatable bonds is 2. The number of ether oxygens (including phenoxy) is 1. The summed E-state index contributed by atoms with van der Waals surface area (Å²) in [5.41, 5.74) is -0.00858. The van der Waals surface area contributed by atoms with E-state index in [0.29, 0.717) is 13.1 Å². The van der Waals surface area contributed by atoms with Gasteiger partial charge < -0.3 is 15.0 Å². The van der Waals surface area contributed by atoms with Gasteiger partial charge in [0.2, 0.25) is 0 Å². The van der Waals surface area contributed by atoms with Gasteiger partial charge in [0.25, 0.3) is 0 Å². The summed E-state index contributed by atoms with van der Waals surface area (Å²) in [6.45, 7) is 10.7. The van der Waals surface area contributed by atoms with Crippen LogP contribution in [0.2, 0.25) is 0 Å². The number of hydrogen-bond acceptors (Lipinski definition) is 4. The van der Waals surface area contributed by atoms with Crippen LogP contribution in [0.5, 0.6) is 0 Å². The molecule has 0 amide bonds. The Bertz CT molecular complexity index is 462. The molecule has 1 N–H and O–H groups in total. The molecule has 1 fully saturated rings. The summed E-state index contributed by atoms with van der Waals surface area (Å²) < 4.78 is 31.7. The molecule has 0 spiro atoms. The second kappa shape index (κ2) is 11.0. The van der Waals surface area contributed by atoms with Crippen LogP contribution in [0.4, 0.5) is 14.5 Å². The first-order valence-electron chi connectivity index (χ1n) is 7.66. The van der Waals surface area contributed by atoms with E-state index in [1.807, 2.05) is 27.7 Å². The van der Waals surface area contributed by atoms with Crippen molar-refractivity contribution in [3.05, 3.63) is 29.3 Å². The number of nitrogens with zero attached hydrogens (tertiary/aromatic N) is 1. The van der Waals surface area contributed by atoms with Crippen molar-refractivity contribution in [3.63, 3.8) is 0 Å². The minimum atomic E-state index is -0.904. The van der Waals surface area contributed by atoms with Gasteiger partial charge in [-0.05, 0) is 6.07 Å².